The first-order chi connectivity index (χ1) is 27.3. The average molecular weight is 702 g/mol. The fourth-order valence-corrected chi connectivity index (χ4v) is 8.33. The maximum absolute atomic E-state index is 5.34. The Hall–Kier alpha value is -7.23. The van der Waals surface area contributed by atoms with Gasteiger partial charge in [0.1, 0.15) is 0 Å². The van der Waals surface area contributed by atoms with Gasteiger partial charge in [0.2, 0.25) is 0 Å². The fraction of sp³-hybridized carbons (Fsp3) is 0.0192. The zero-order valence-corrected chi connectivity index (χ0v) is 30.0. The first-order valence-corrected chi connectivity index (χ1v) is 18.7. The van der Waals surface area contributed by atoms with Crippen LogP contribution in [0.1, 0.15) is 22.3 Å². The quantitative estimate of drug-likeness (QED) is 0.166. The molecule has 1 aliphatic rings. The summed E-state index contributed by atoms with van der Waals surface area (Å²) in [7, 11) is 0. The molecule has 0 atom stereocenters. The Bertz CT molecular complexity index is 2620. The van der Waals surface area contributed by atoms with E-state index in [1.165, 1.54) is 44.5 Å². The molecule has 9 aromatic rings. The summed E-state index contributed by atoms with van der Waals surface area (Å²) >= 11 is 0. The highest BCUT2D eigenvalue weighted by Gasteiger charge is 2.47. The Balaban J connectivity index is 1.21. The Morgan fingerprint density at radius 3 is 1.13 bits per heavy atom. The van der Waals surface area contributed by atoms with E-state index in [2.05, 4.69) is 200 Å². The number of hydrogen-bond donors (Lipinski definition) is 0. The summed E-state index contributed by atoms with van der Waals surface area (Å²) in [4.78, 5) is 15.8. The van der Waals surface area contributed by atoms with E-state index < -0.39 is 5.41 Å². The van der Waals surface area contributed by atoms with Gasteiger partial charge in [0, 0.05) is 16.7 Å². The number of rotatable bonds is 7. The van der Waals surface area contributed by atoms with Crippen LogP contribution in [0.3, 0.4) is 0 Å². The van der Waals surface area contributed by atoms with Gasteiger partial charge in [-0.2, -0.15) is 0 Å². The van der Waals surface area contributed by atoms with Crippen LogP contribution in [0.4, 0.5) is 0 Å². The van der Waals surface area contributed by atoms with Crippen molar-refractivity contribution in [1.82, 2.24) is 15.0 Å². The molecule has 3 heteroatoms. The van der Waals surface area contributed by atoms with Crippen molar-refractivity contribution in [2.24, 2.45) is 0 Å². The van der Waals surface area contributed by atoms with E-state index in [1.807, 2.05) is 12.1 Å². The Kier molecular flexibility index (Phi) is 8.04. The predicted octanol–water partition coefficient (Wildman–Crippen LogP) is 12.6. The molecule has 3 nitrogen and oxygen atoms in total. The molecule has 0 saturated carbocycles. The number of nitrogens with zero attached hydrogens (tertiary/aromatic N) is 3. The van der Waals surface area contributed by atoms with Gasteiger partial charge < -0.3 is 0 Å². The van der Waals surface area contributed by atoms with E-state index in [9.17, 15) is 0 Å². The molecule has 8 aromatic carbocycles. The van der Waals surface area contributed by atoms with Crippen LogP contribution in [0.15, 0.2) is 212 Å². The van der Waals surface area contributed by atoms with E-state index >= 15 is 0 Å². The van der Waals surface area contributed by atoms with Crippen LogP contribution in [0.2, 0.25) is 0 Å². The van der Waals surface area contributed by atoms with Gasteiger partial charge in [-0.3, -0.25) is 0 Å². The van der Waals surface area contributed by atoms with Crippen LogP contribution < -0.4 is 0 Å². The highest BCUT2D eigenvalue weighted by atomic mass is 15.0. The van der Waals surface area contributed by atoms with Crippen LogP contribution in [0.5, 0.6) is 0 Å². The van der Waals surface area contributed by atoms with Crippen molar-refractivity contribution in [3.63, 3.8) is 0 Å². The Labute approximate surface area is 321 Å². The van der Waals surface area contributed by atoms with Gasteiger partial charge in [-0.1, -0.05) is 212 Å². The first kappa shape index (κ1) is 32.4. The van der Waals surface area contributed by atoms with Crippen molar-refractivity contribution >= 4 is 0 Å². The molecule has 0 N–H and O–H groups in total. The minimum absolute atomic E-state index is 0.605. The third kappa shape index (κ3) is 5.57. The van der Waals surface area contributed by atoms with Gasteiger partial charge in [-0.15, -0.1) is 0 Å². The van der Waals surface area contributed by atoms with Gasteiger partial charge in [0.25, 0.3) is 0 Å². The highest BCUT2D eigenvalue weighted by molar-refractivity contribution is 5.92. The summed E-state index contributed by atoms with van der Waals surface area (Å²) < 4.78 is 0. The third-order valence-electron chi connectivity index (χ3n) is 10.9. The summed E-state index contributed by atoms with van der Waals surface area (Å²) in [6.07, 6.45) is 0. The molecule has 1 aliphatic carbocycles. The second kappa shape index (κ2) is 13.6. The highest BCUT2D eigenvalue weighted by Crippen LogP contribution is 2.58. The zero-order valence-electron chi connectivity index (χ0n) is 30.0. The van der Waals surface area contributed by atoms with Gasteiger partial charge in [-0.25, -0.2) is 15.0 Å². The molecule has 0 fully saturated rings. The van der Waals surface area contributed by atoms with Crippen LogP contribution in [-0.4, -0.2) is 15.0 Å². The molecule has 0 amide bonds. The van der Waals surface area contributed by atoms with Gasteiger partial charge in [0.15, 0.2) is 17.5 Å². The lowest BCUT2D eigenvalue weighted by Gasteiger charge is -2.35. The molecule has 0 radical (unpaired) electrons. The van der Waals surface area contributed by atoms with Crippen LogP contribution in [0.25, 0.3) is 67.5 Å². The van der Waals surface area contributed by atoms with Crippen molar-refractivity contribution < 1.29 is 0 Å². The summed E-state index contributed by atoms with van der Waals surface area (Å²) in [5.41, 5.74) is 14.1. The Morgan fingerprint density at radius 1 is 0.255 bits per heavy atom. The Morgan fingerprint density at radius 2 is 0.618 bits per heavy atom. The second-order valence-electron chi connectivity index (χ2n) is 13.9. The molecule has 0 saturated heterocycles. The maximum Gasteiger partial charge on any atom is 0.164 e. The van der Waals surface area contributed by atoms with E-state index in [0.29, 0.717) is 17.5 Å². The molecule has 0 aliphatic heterocycles. The minimum atomic E-state index is -0.605. The summed E-state index contributed by atoms with van der Waals surface area (Å²) in [5.74, 6) is 1.90. The van der Waals surface area contributed by atoms with Crippen molar-refractivity contribution in [2.45, 2.75) is 5.41 Å². The number of fused-ring (bicyclic) bond motifs is 3. The molecular weight excluding hydrogens is 667 g/mol. The SMILES string of the molecule is c1ccc(-c2ccc(-c3nc(-c4ccc(-c5ccccc5)cc4)nc(-c4cccc5c4C(c4ccccc4)(c4ccccc4)c4ccccc4-5)n3)cc2)cc1. The molecule has 55 heavy (non-hydrogen) atoms. The summed E-state index contributed by atoms with van der Waals surface area (Å²) in [5, 5.41) is 0. The van der Waals surface area contributed by atoms with Crippen LogP contribution >= 0.6 is 0 Å². The number of benzene rings is 8. The zero-order chi connectivity index (χ0) is 36.6. The lowest BCUT2D eigenvalue weighted by Crippen LogP contribution is -2.29. The summed E-state index contributed by atoms with van der Waals surface area (Å²) in [6, 6.07) is 75.1. The van der Waals surface area contributed by atoms with Crippen molar-refractivity contribution in [2.75, 3.05) is 0 Å². The number of hydrogen-bond acceptors (Lipinski definition) is 3. The lowest BCUT2D eigenvalue weighted by atomic mass is 9.66. The lowest BCUT2D eigenvalue weighted by molar-refractivity contribution is 0.769. The molecule has 0 bridgehead atoms. The monoisotopic (exact) mass is 701 g/mol. The van der Waals surface area contributed by atoms with Crippen molar-refractivity contribution in [3.8, 4) is 67.5 Å². The molecule has 0 unspecified atom stereocenters. The van der Waals surface area contributed by atoms with E-state index in [0.717, 1.165) is 27.8 Å². The molecule has 0 spiro atoms. The van der Waals surface area contributed by atoms with Crippen molar-refractivity contribution in [3.05, 3.63) is 235 Å². The maximum atomic E-state index is 5.34. The molecular formula is C52H35N3. The van der Waals surface area contributed by atoms with E-state index in [4.69, 9.17) is 15.0 Å². The normalized spacial score (nSPS) is 12.5. The van der Waals surface area contributed by atoms with Gasteiger partial charge in [0.05, 0.1) is 5.41 Å². The molecule has 10 rings (SSSR count). The third-order valence-corrected chi connectivity index (χ3v) is 10.9. The fourth-order valence-electron chi connectivity index (χ4n) is 8.33. The second-order valence-corrected chi connectivity index (χ2v) is 13.9. The predicted molar refractivity (Wildman–Crippen MR) is 224 cm³/mol. The molecule has 1 aromatic heterocycles. The number of aromatic nitrogens is 3. The largest absolute Gasteiger partial charge is 0.208 e. The van der Waals surface area contributed by atoms with Crippen molar-refractivity contribution in [1.29, 1.82) is 0 Å². The topological polar surface area (TPSA) is 38.7 Å². The smallest absolute Gasteiger partial charge is 0.164 e. The van der Waals surface area contributed by atoms with E-state index in [-0.39, 0.29) is 0 Å². The minimum Gasteiger partial charge on any atom is -0.208 e. The van der Waals surface area contributed by atoms with E-state index in [1.54, 1.807) is 0 Å². The molecule has 1 heterocycles. The average Bonchev–Trinajstić information content (AvgIpc) is 3.59. The summed E-state index contributed by atoms with van der Waals surface area (Å²) in [6.45, 7) is 0. The standard InChI is InChI=1S/C52H35N3/c1-5-16-36(17-6-1)38-28-32-40(33-29-38)49-53-50(41-34-30-39(31-35-41)37-18-7-2-8-19-37)55-51(54-49)46-26-15-25-45-44-24-13-14-27-47(44)52(48(45)46,42-20-9-3-10-21-42)43-22-11-4-12-23-43/h1-35H. The van der Waals surface area contributed by atoms with Crippen LogP contribution in [-0.2, 0) is 5.41 Å². The van der Waals surface area contributed by atoms with Crippen LogP contribution in [0, 0.1) is 0 Å². The van der Waals surface area contributed by atoms with Gasteiger partial charge in [-0.05, 0) is 55.6 Å². The first-order valence-electron chi connectivity index (χ1n) is 18.7. The van der Waals surface area contributed by atoms with Gasteiger partial charge >= 0.3 is 0 Å². The molecule has 258 valence electrons.